The lowest BCUT2D eigenvalue weighted by Crippen LogP contribution is -2.37. The van der Waals surface area contributed by atoms with Crippen molar-refractivity contribution in [1.82, 2.24) is 4.90 Å². The standard InChI is InChI=1S/C13H19NO3S/c1-4-12(13(15)16)14(2)9-10-5-7-11(8-6-10)18(3)17/h5-8,12H,4,9H2,1-3H3,(H,15,16). The molecule has 0 radical (unpaired) electrons. The minimum Gasteiger partial charge on any atom is -0.480 e. The average Bonchev–Trinajstić information content (AvgIpc) is 2.29. The van der Waals surface area contributed by atoms with Gasteiger partial charge in [0.2, 0.25) is 0 Å². The number of aliphatic carboxylic acids is 1. The first-order valence-electron chi connectivity index (χ1n) is 5.81. The quantitative estimate of drug-likeness (QED) is 0.854. The summed E-state index contributed by atoms with van der Waals surface area (Å²) in [6.45, 7) is 2.43. The lowest BCUT2D eigenvalue weighted by molar-refractivity contribution is -0.143. The second kappa shape index (κ2) is 6.66. The van der Waals surface area contributed by atoms with E-state index in [-0.39, 0.29) is 0 Å². The van der Waals surface area contributed by atoms with E-state index in [1.165, 1.54) is 0 Å². The Balaban J connectivity index is 2.72. The fourth-order valence-corrected chi connectivity index (χ4v) is 2.38. The number of likely N-dealkylation sites (N-methyl/N-ethyl adjacent to an activating group) is 1. The van der Waals surface area contributed by atoms with Gasteiger partial charge in [-0.3, -0.25) is 13.9 Å². The van der Waals surface area contributed by atoms with E-state index in [0.717, 1.165) is 10.5 Å². The van der Waals surface area contributed by atoms with Crippen LogP contribution in [0.25, 0.3) is 0 Å². The largest absolute Gasteiger partial charge is 0.480 e. The summed E-state index contributed by atoms with van der Waals surface area (Å²) in [5.41, 5.74) is 1.02. The van der Waals surface area contributed by atoms with Crippen LogP contribution in [0.15, 0.2) is 29.2 Å². The summed E-state index contributed by atoms with van der Waals surface area (Å²) < 4.78 is 11.2. The van der Waals surface area contributed by atoms with Gasteiger partial charge >= 0.3 is 5.97 Å². The summed E-state index contributed by atoms with van der Waals surface area (Å²) in [6, 6.07) is 6.95. The first-order valence-corrected chi connectivity index (χ1v) is 7.37. The third-order valence-corrected chi connectivity index (χ3v) is 3.83. The molecule has 0 aliphatic carbocycles. The molecule has 0 aliphatic heterocycles. The van der Waals surface area contributed by atoms with Crippen molar-refractivity contribution in [3.8, 4) is 0 Å². The number of carboxylic acids is 1. The highest BCUT2D eigenvalue weighted by atomic mass is 32.2. The zero-order valence-corrected chi connectivity index (χ0v) is 11.7. The Morgan fingerprint density at radius 3 is 2.33 bits per heavy atom. The Morgan fingerprint density at radius 1 is 1.39 bits per heavy atom. The molecule has 0 bridgehead atoms. The lowest BCUT2D eigenvalue weighted by atomic mass is 10.1. The smallest absolute Gasteiger partial charge is 0.320 e. The summed E-state index contributed by atoms with van der Waals surface area (Å²) in [5, 5.41) is 9.06. The SMILES string of the molecule is CCC(C(=O)O)N(C)Cc1ccc(S(C)=O)cc1. The van der Waals surface area contributed by atoms with Gasteiger partial charge in [-0.25, -0.2) is 0 Å². The van der Waals surface area contributed by atoms with Crippen LogP contribution < -0.4 is 0 Å². The van der Waals surface area contributed by atoms with Gasteiger partial charge in [0.05, 0.1) is 0 Å². The summed E-state index contributed by atoms with van der Waals surface area (Å²) in [7, 11) is 0.824. The van der Waals surface area contributed by atoms with Crippen molar-refractivity contribution >= 4 is 16.8 Å². The van der Waals surface area contributed by atoms with Crippen LogP contribution in [0.2, 0.25) is 0 Å². The van der Waals surface area contributed by atoms with Crippen LogP contribution in [0, 0.1) is 0 Å². The van der Waals surface area contributed by atoms with E-state index in [2.05, 4.69) is 0 Å². The summed E-state index contributed by atoms with van der Waals surface area (Å²) >= 11 is 0. The molecule has 2 unspecified atom stereocenters. The second-order valence-corrected chi connectivity index (χ2v) is 5.66. The number of benzene rings is 1. The first kappa shape index (κ1) is 14.9. The topological polar surface area (TPSA) is 57.6 Å². The van der Waals surface area contributed by atoms with Gasteiger partial charge in [0, 0.05) is 28.5 Å². The van der Waals surface area contributed by atoms with Gasteiger partial charge < -0.3 is 5.11 Å². The van der Waals surface area contributed by atoms with Gasteiger partial charge in [-0.1, -0.05) is 19.1 Å². The Labute approximate surface area is 110 Å². The van der Waals surface area contributed by atoms with E-state index in [9.17, 15) is 9.00 Å². The normalized spacial score (nSPS) is 14.4. The van der Waals surface area contributed by atoms with Crippen LogP contribution in [0.5, 0.6) is 0 Å². The minimum absolute atomic E-state index is 0.468. The Kier molecular flexibility index (Phi) is 5.50. The molecule has 0 saturated heterocycles. The van der Waals surface area contributed by atoms with Crippen LogP contribution in [-0.4, -0.2) is 39.5 Å². The van der Waals surface area contributed by atoms with Crippen molar-refractivity contribution in [3.63, 3.8) is 0 Å². The van der Waals surface area contributed by atoms with Crippen LogP contribution in [0.4, 0.5) is 0 Å². The summed E-state index contributed by atoms with van der Waals surface area (Å²) in [6.07, 6.45) is 2.21. The van der Waals surface area contributed by atoms with E-state index in [1.807, 2.05) is 31.2 Å². The van der Waals surface area contributed by atoms with Gasteiger partial charge in [-0.05, 0) is 31.2 Å². The molecule has 100 valence electrons. The third kappa shape index (κ3) is 3.92. The maximum absolute atomic E-state index is 11.2. The number of nitrogens with zero attached hydrogens (tertiary/aromatic N) is 1. The fourth-order valence-electron chi connectivity index (χ4n) is 1.86. The minimum atomic E-state index is -0.975. The molecular weight excluding hydrogens is 250 g/mol. The zero-order chi connectivity index (χ0) is 13.7. The fraction of sp³-hybridized carbons (Fsp3) is 0.462. The monoisotopic (exact) mass is 269 g/mol. The molecule has 0 heterocycles. The summed E-state index contributed by atoms with van der Waals surface area (Å²) in [5.74, 6) is -0.800. The summed E-state index contributed by atoms with van der Waals surface area (Å²) in [4.78, 5) is 13.6. The van der Waals surface area contributed by atoms with E-state index in [1.54, 1.807) is 18.2 Å². The second-order valence-electron chi connectivity index (χ2n) is 4.28. The number of hydrogen-bond acceptors (Lipinski definition) is 3. The molecule has 0 aromatic heterocycles. The molecule has 0 amide bonds. The van der Waals surface area contributed by atoms with Gasteiger partial charge in [0.15, 0.2) is 0 Å². The average molecular weight is 269 g/mol. The molecule has 0 spiro atoms. The number of rotatable bonds is 6. The highest BCUT2D eigenvalue weighted by molar-refractivity contribution is 7.84. The molecule has 1 rings (SSSR count). The number of hydrogen-bond donors (Lipinski definition) is 1. The predicted molar refractivity (Wildman–Crippen MR) is 72.0 cm³/mol. The van der Waals surface area contributed by atoms with E-state index < -0.39 is 22.8 Å². The maximum atomic E-state index is 11.2. The van der Waals surface area contributed by atoms with Crippen LogP contribution in [-0.2, 0) is 22.1 Å². The van der Waals surface area contributed by atoms with Gasteiger partial charge in [0.1, 0.15) is 6.04 Å². The molecule has 0 fully saturated rings. The first-order chi connectivity index (χ1) is 8.45. The third-order valence-electron chi connectivity index (χ3n) is 2.89. The van der Waals surface area contributed by atoms with Crippen molar-refractivity contribution in [3.05, 3.63) is 29.8 Å². The molecule has 5 heteroatoms. The molecular formula is C13H19NO3S. The molecule has 0 aliphatic rings. The van der Waals surface area contributed by atoms with Gasteiger partial charge in [-0.15, -0.1) is 0 Å². The van der Waals surface area contributed by atoms with Crippen LogP contribution >= 0.6 is 0 Å². The van der Waals surface area contributed by atoms with Gasteiger partial charge in [-0.2, -0.15) is 0 Å². The molecule has 1 aromatic carbocycles. The Morgan fingerprint density at radius 2 is 1.94 bits per heavy atom. The van der Waals surface area contributed by atoms with Crippen LogP contribution in [0.3, 0.4) is 0 Å². The highest BCUT2D eigenvalue weighted by Crippen LogP contribution is 2.12. The van der Waals surface area contributed by atoms with Crippen LogP contribution in [0.1, 0.15) is 18.9 Å². The van der Waals surface area contributed by atoms with Crippen molar-refractivity contribution in [2.24, 2.45) is 0 Å². The highest BCUT2D eigenvalue weighted by Gasteiger charge is 2.20. The number of carbonyl (C=O) groups is 1. The van der Waals surface area contributed by atoms with E-state index in [0.29, 0.717) is 13.0 Å². The zero-order valence-electron chi connectivity index (χ0n) is 10.9. The van der Waals surface area contributed by atoms with Crippen molar-refractivity contribution in [2.75, 3.05) is 13.3 Å². The molecule has 1 aromatic rings. The molecule has 1 N–H and O–H groups in total. The molecule has 2 atom stereocenters. The maximum Gasteiger partial charge on any atom is 0.320 e. The van der Waals surface area contributed by atoms with Crippen molar-refractivity contribution in [2.45, 2.75) is 30.8 Å². The van der Waals surface area contributed by atoms with Crippen molar-refractivity contribution in [1.29, 1.82) is 0 Å². The van der Waals surface area contributed by atoms with Gasteiger partial charge in [0.25, 0.3) is 0 Å². The Hall–Kier alpha value is -1.20. The van der Waals surface area contributed by atoms with E-state index in [4.69, 9.17) is 5.11 Å². The van der Waals surface area contributed by atoms with Crippen molar-refractivity contribution < 1.29 is 14.1 Å². The lowest BCUT2D eigenvalue weighted by Gasteiger charge is -2.23. The number of carboxylic acid groups (broad SMARTS) is 1. The molecule has 0 saturated carbocycles. The molecule has 4 nitrogen and oxygen atoms in total. The van der Waals surface area contributed by atoms with E-state index >= 15 is 0 Å². The Bertz CT molecular complexity index is 430. The predicted octanol–water partition coefficient (Wildman–Crippen LogP) is 1.72. The molecule has 18 heavy (non-hydrogen) atoms.